The lowest BCUT2D eigenvalue weighted by Gasteiger charge is -2.11. The van der Waals surface area contributed by atoms with Gasteiger partial charge in [0.1, 0.15) is 17.5 Å². The maximum atomic E-state index is 12.1. The molecule has 6 heteroatoms. The van der Waals surface area contributed by atoms with Gasteiger partial charge in [-0.25, -0.2) is 0 Å². The van der Waals surface area contributed by atoms with Crippen LogP contribution in [0.3, 0.4) is 0 Å². The standard InChI is InChI=1S/C14H15ClN2O3/c1-9(6-7-18)16-14(19)12-8-20-17-13(12)10-2-4-11(15)5-3-10/h2-5,8-9,18H,6-7H2,1H3,(H,16,19). The number of aliphatic hydroxyl groups excluding tert-OH is 1. The Morgan fingerprint density at radius 3 is 2.80 bits per heavy atom. The van der Waals surface area contributed by atoms with E-state index in [2.05, 4.69) is 10.5 Å². The molecule has 1 amide bonds. The van der Waals surface area contributed by atoms with E-state index >= 15 is 0 Å². The molecule has 20 heavy (non-hydrogen) atoms. The highest BCUT2D eigenvalue weighted by Gasteiger charge is 2.18. The molecule has 1 heterocycles. The van der Waals surface area contributed by atoms with E-state index in [1.54, 1.807) is 24.3 Å². The molecule has 0 aliphatic rings. The molecular formula is C14H15ClN2O3. The fourth-order valence-electron chi connectivity index (χ4n) is 1.78. The highest BCUT2D eigenvalue weighted by molar-refractivity contribution is 6.30. The van der Waals surface area contributed by atoms with Crippen molar-refractivity contribution in [3.05, 3.63) is 41.1 Å². The summed E-state index contributed by atoms with van der Waals surface area (Å²) in [6.07, 6.45) is 1.80. The van der Waals surface area contributed by atoms with Crippen LogP contribution in [-0.2, 0) is 0 Å². The first-order chi connectivity index (χ1) is 9.61. The van der Waals surface area contributed by atoms with Gasteiger partial charge in [-0.3, -0.25) is 4.79 Å². The van der Waals surface area contributed by atoms with Crippen molar-refractivity contribution in [1.29, 1.82) is 0 Å². The largest absolute Gasteiger partial charge is 0.396 e. The van der Waals surface area contributed by atoms with Gasteiger partial charge in [0, 0.05) is 23.2 Å². The Kier molecular flexibility index (Phi) is 4.76. The quantitative estimate of drug-likeness (QED) is 0.888. The fourth-order valence-corrected chi connectivity index (χ4v) is 1.91. The molecule has 106 valence electrons. The van der Waals surface area contributed by atoms with Crippen molar-refractivity contribution in [3.8, 4) is 11.3 Å². The first-order valence-electron chi connectivity index (χ1n) is 6.24. The Morgan fingerprint density at radius 1 is 1.45 bits per heavy atom. The number of hydrogen-bond acceptors (Lipinski definition) is 4. The average Bonchev–Trinajstić information content (AvgIpc) is 2.89. The van der Waals surface area contributed by atoms with Crippen molar-refractivity contribution < 1.29 is 14.4 Å². The molecule has 2 rings (SSSR count). The summed E-state index contributed by atoms with van der Waals surface area (Å²) in [5.74, 6) is -0.280. The van der Waals surface area contributed by atoms with Crippen LogP contribution < -0.4 is 5.32 Å². The van der Waals surface area contributed by atoms with E-state index in [1.807, 2.05) is 6.92 Å². The van der Waals surface area contributed by atoms with Crippen LogP contribution in [0.25, 0.3) is 11.3 Å². The van der Waals surface area contributed by atoms with E-state index < -0.39 is 0 Å². The molecule has 1 unspecified atom stereocenters. The molecule has 0 radical (unpaired) electrons. The summed E-state index contributed by atoms with van der Waals surface area (Å²) in [6, 6.07) is 6.87. The highest BCUT2D eigenvalue weighted by atomic mass is 35.5. The minimum Gasteiger partial charge on any atom is -0.396 e. The number of amides is 1. The fraction of sp³-hybridized carbons (Fsp3) is 0.286. The SMILES string of the molecule is CC(CCO)NC(=O)c1conc1-c1ccc(Cl)cc1. The molecule has 0 saturated carbocycles. The summed E-state index contributed by atoms with van der Waals surface area (Å²) in [6.45, 7) is 1.85. The Hall–Kier alpha value is -1.85. The average molecular weight is 295 g/mol. The molecule has 1 aromatic heterocycles. The summed E-state index contributed by atoms with van der Waals surface area (Å²) in [4.78, 5) is 12.1. The Morgan fingerprint density at radius 2 is 2.15 bits per heavy atom. The third kappa shape index (κ3) is 3.37. The van der Waals surface area contributed by atoms with Crippen LogP contribution in [0, 0.1) is 0 Å². The Bertz CT molecular complexity index is 580. The van der Waals surface area contributed by atoms with Crippen LogP contribution in [-0.4, -0.2) is 28.8 Å². The zero-order valence-electron chi connectivity index (χ0n) is 11.0. The van der Waals surface area contributed by atoms with Crippen LogP contribution >= 0.6 is 11.6 Å². The molecule has 5 nitrogen and oxygen atoms in total. The van der Waals surface area contributed by atoms with Crippen molar-refractivity contribution in [2.24, 2.45) is 0 Å². The van der Waals surface area contributed by atoms with Crippen molar-refractivity contribution in [2.75, 3.05) is 6.61 Å². The van der Waals surface area contributed by atoms with E-state index in [0.717, 1.165) is 5.56 Å². The number of hydrogen-bond donors (Lipinski definition) is 2. The lowest BCUT2D eigenvalue weighted by molar-refractivity contribution is 0.0934. The minimum atomic E-state index is -0.280. The van der Waals surface area contributed by atoms with Crippen LogP contribution in [0.5, 0.6) is 0 Å². The number of nitrogens with zero attached hydrogens (tertiary/aromatic N) is 1. The molecule has 0 saturated heterocycles. The van der Waals surface area contributed by atoms with Gasteiger partial charge in [0.05, 0.1) is 0 Å². The second-order valence-electron chi connectivity index (χ2n) is 4.47. The number of benzene rings is 1. The third-order valence-corrected chi connectivity index (χ3v) is 3.12. The predicted octanol–water partition coefficient (Wildman–Crippen LogP) is 2.50. The first-order valence-corrected chi connectivity index (χ1v) is 6.61. The van der Waals surface area contributed by atoms with Crippen molar-refractivity contribution in [3.63, 3.8) is 0 Å². The Balaban J connectivity index is 2.20. The number of nitrogens with one attached hydrogen (secondary N) is 1. The van der Waals surface area contributed by atoms with Crippen LogP contribution in [0.2, 0.25) is 5.02 Å². The van der Waals surface area contributed by atoms with E-state index in [1.165, 1.54) is 6.26 Å². The van der Waals surface area contributed by atoms with Gasteiger partial charge in [0.25, 0.3) is 5.91 Å². The van der Waals surface area contributed by atoms with Crippen molar-refractivity contribution in [2.45, 2.75) is 19.4 Å². The van der Waals surface area contributed by atoms with Crippen LogP contribution in [0.4, 0.5) is 0 Å². The molecule has 2 aromatic rings. The normalized spacial score (nSPS) is 12.2. The van der Waals surface area contributed by atoms with Crippen molar-refractivity contribution >= 4 is 17.5 Å². The predicted molar refractivity (Wildman–Crippen MR) is 75.6 cm³/mol. The van der Waals surface area contributed by atoms with Gasteiger partial charge in [0.2, 0.25) is 0 Å². The molecule has 0 aliphatic heterocycles. The number of aromatic nitrogens is 1. The van der Waals surface area contributed by atoms with Crippen LogP contribution in [0.1, 0.15) is 23.7 Å². The van der Waals surface area contributed by atoms with E-state index in [-0.39, 0.29) is 18.6 Å². The smallest absolute Gasteiger partial charge is 0.257 e. The number of halogens is 1. The second kappa shape index (κ2) is 6.54. The molecule has 1 aromatic carbocycles. The van der Waals surface area contributed by atoms with Gasteiger partial charge in [-0.15, -0.1) is 0 Å². The van der Waals surface area contributed by atoms with Gasteiger partial charge in [-0.1, -0.05) is 28.9 Å². The third-order valence-electron chi connectivity index (χ3n) is 2.87. The summed E-state index contributed by atoms with van der Waals surface area (Å²) in [5.41, 5.74) is 1.58. The van der Waals surface area contributed by atoms with E-state index in [4.69, 9.17) is 21.2 Å². The topological polar surface area (TPSA) is 75.4 Å². The number of carbonyl (C=O) groups excluding carboxylic acids is 1. The van der Waals surface area contributed by atoms with Crippen LogP contribution in [0.15, 0.2) is 35.1 Å². The number of rotatable bonds is 5. The molecule has 0 spiro atoms. The lowest BCUT2D eigenvalue weighted by atomic mass is 10.1. The Labute approximate surface area is 121 Å². The number of carbonyl (C=O) groups is 1. The molecular weight excluding hydrogens is 280 g/mol. The zero-order chi connectivity index (χ0) is 14.5. The summed E-state index contributed by atoms with van der Waals surface area (Å²) in [5, 5.41) is 16.1. The first kappa shape index (κ1) is 14.6. The number of aliphatic hydroxyl groups is 1. The summed E-state index contributed by atoms with van der Waals surface area (Å²) < 4.78 is 4.90. The lowest BCUT2D eigenvalue weighted by Crippen LogP contribution is -2.33. The van der Waals surface area contributed by atoms with E-state index in [9.17, 15) is 4.79 Å². The second-order valence-corrected chi connectivity index (χ2v) is 4.91. The van der Waals surface area contributed by atoms with Gasteiger partial charge in [-0.2, -0.15) is 0 Å². The molecule has 1 atom stereocenters. The minimum absolute atomic E-state index is 0.0229. The highest BCUT2D eigenvalue weighted by Crippen LogP contribution is 2.23. The van der Waals surface area contributed by atoms with Gasteiger partial charge in [-0.05, 0) is 25.5 Å². The van der Waals surface area contributed by atoms with Crippen molar-refractivity contribution in [1.82, 2.24) is 10.5 Å². The molecule has 0 aliphatic carbocycles. The summed E-state index contributed by atoms with van der Waals surface area (Å²) in [7, 11) is 0. The summed E-state index contributed by atoms with van der Waals surface area (Å²) >= 11 is 5.83. The monoisotopic (exact) mass is 294 g/mol. The maximum Gasteiger partial charge on any atom is 0.257 e. The molecule has 0 fully saturated rings. The van der Waals surface area contributed by atoms with Gasteiger partial charge >= 0.3 is 0 Å². The van der Waals surface area contributed by atoms with E-state index in [0.29, 0.717) is 22.7 Å². The molecule has 2 N–H and O–H groups in total. The zero-order valence-corrected chi connectivity index (χ0v) is 11.7. The van der Waals surface area contributed by atoms with Gasteiger partial charge < -0.3 is 14.9 Å². The maximum absolute atomic E-state index is 12.1. The molecule has 0 bridgehead atoms. The van der Waals surface area contributed by atoms with Gasteiger partial charge in [0.15, 0.2) is 0 Å².